The molecule has 1 radical (unpaired) electrons. The first-order valence-corrected chi connectivity index (χ1v) is 2.39. The van der Waals surface area contributed by atoms with Gasteiger partial charge in [-0.15, -0.1) is 0 Å². The van der Waals surface area contributed by atoms with E-state index >= 15 is 0 Å². The Labute approximate surface area is 43.8 Å². The smallest absolute Gasteiger partial charge is 0.0544 e. The van der Waals surface area contributed by atoms with Crippen molar-refractivity contribution in [3.8, 4) is 0 Å². The van der Waals surface area contributed by atoms with Crippen LogP contribution in [0.25, 0.3) is 0 Å². The molecule has 0 fully saturated rings. The third kappa shape index (κ3) is 5.92. The first kappa shape index (κ1) is 6.92. The highest BCUT2D eigenvalue weighted by Crippen LogP contribution is 1.90. The molecule has 2 heteroatoms. The Balaban J connectivity index is 2.68. The monoisotopic (exact) mass is 103 g/mol. The highest BCUT2D eigenvalue weighted by atomic mass is 16.3. The van der Waals surface area contributed by atoms with Gasteiger partial charge in [-0.1, -0.05) is 0 Å². The lowest BCUT2D eigenvalue weighted by Gasteiger charge is -1.97. The number of hydrogen-bond donors (Lipinski definition) is 2. The van der Waals surface area contributed by atoms with Gasteiger partial charge in [0.2, 0.25) is 0 Å². The summed E-state index contributed by atoms with van der Waals surface area (Å²) in [5.41, 5.74) is 0. The standard InChI is InChI=1S/C5H11O2/c1-5(7)3-2-4-6/h3,5-7H,2,4H2,1H3. The van der Waals surface area contributed by atoms with Gasteiger partial charge in [-0.05, 0) is 19.8 Å². The molecule has 0 heterocycles. The molecule has 0 saturated carbocycles. The predicted octanol–water partition coefficient (Wildman–Crippen LogP) is -0.0461. The Morgan fingerprint density at radius 1 is 1.71 bits per heavy atom. The molecule has 1 unspecified atom stereocenters. The molecule has 0 bridgehead atoms. The molecule has 0 aliphatic rings. The van der Waals surface area contributed by atoms with Crippen molar-refractivity contribution < 1.29 is 10.2 Å². The third-order valence-electron chi connectivity index (χ3n) is 0.637. The van der Waals surface area contributed by atoms with Crippen molar-refractivity contribution in [2.75, 3.05) is 6.61 Å². The lowest BCUT2D eigenvalue weighted by molar-refractivity contribution is 0.211. The number of hydrogen-bond acceptors (Lipinski definition) is 2. The predicted molar refractivity (Wildman–Crippen MR) is 27.7 cm³/mol. The van der Waals surface area contributed by atoms with Crippen LogP contribution >= 0.6 is 0 Å². The normalized spacial score (nSPS) is 14.1. The van der Waals surface area contributed by atoms with E-state index in [1.54, 1.807) is 13.3 Å². The molecule has 0 aliphatic carbocycles. The summed E-state index contributed by atoms with van der Waals surface area (Å²) in [4.78, 5) is 0. The summed E-state index contributed by atoms with van der Waals surface area (Å²) in [6, 6.07) is 0. The summed E-state index contributed by atoms with van der Waals surface area (Å²) in [5, 5.41) is 16.7. The Bertz CT molecular complexity index is 35.1. The van der Waals surface area contributed by atoms with Crippen LogP contribution in [0.4, 0.5) is 0 Å². The fourth-order valence-electron chi connectivity index (χ4n) is 0.316. The molecule has 0 aromatic rings. The van der Waals surface area contributed by atoms with Gasteiger partial charge < -0.3 is 10.2 Å². The van der Waals surface area contributed by atoms with Crippen LogP contribution in [0, 0.1) is 6.42 Å². The molecule has 0 rings (SSSR count). The van der Waals surface area contributed by atoms with E-state index < -0.39 is 0 Å². The van der Waals surface area contributed by atoms with Crippen LogP contribution in [-0.4, -0.2) is 22.9 Å². The van der Waals surface area contributed by atoms with Crippen LogP contribution in [0.15, 0.2) is 0 Å². The van der Waals surface area contributed by atoms with Gasteiger partial charge in [-0.25, -0.2) is 0 Å². The zero-order valence-corrected chi connectivity index (χ0v) is 4.46. The maximum atomic E-state index is 8.52. The van der Waals surface area contributed by atoms with E-state index in [2.05, 4.69) is 0 Å². The zero-order valence-electron chi connectivity index (χ0n) is 4.46. The summed E-state index contributed by atoms with van der Waals surface area (Å²) in [7, 11) is 0. The van der Waals surface area contributed by atoms with Gasteiger partial charge in [-0.3, -0.25) is 0 Å². The topological polar surface area (TPSA) is 40.5 Å². The minimum Gasteiger partial charge on any atom is -0.396 e. The lowest BCUT2D eigenvalue weighted by atomic mass is 10.2. The fraction of sp³-hybridized carbons (Fsp3) is 0.800. The third-order valence-corrected chi connectivity index (χ3v) is 0.637. The van der Waals surface area contributed by atoms with Crippen molar-refractivity contribution in [1.82, 2.24) is 0 Å². The number of aliphatic hydroxyl groups is 2. The van der Waals surface area contributed by atoms with E-state index in [9.17, 15) is 0 Å². The van der Waals surface area contributed by atoms with Gasteiger partial charge >= 0.3 is 0 Å². The van der Waals surface area contributed by atoms with Gasteiger partial charge in [0.05, 0.1) is 6.10 Å². The van der Waals surface area contributed by atoms with E-state index in [0.29, 0.717) is 6.42 Å². The summed E-state index contributed by atoms with van der Waals surface area (Å²) in [6.45, 7) is 1.79. The fourth-order valence-corrected chi connectivity index (χ4v) is 0.316. The molecule has 0 saturated heterocycles. The van der Waals surface area contributed by atoms with Gasteiger partial charge in [0.1, 0.15) is 0 Å². The molecular formula is C5H11O2. The summed E-state index contributed by atoms with van der Waals surface area (Å²) in [6.07, 6.45) is 1.85. The van der Waals surface area contributed by atoms with Gasteiger partial charge in [0.15, 0.2) is 0 Å². The Morgan fingerprint density at radius 2 is 2.29 bits per heavy atom. The largest absolute Gasteiger partial charge is 0.396 e. The second-order valence-corrected chi connectivity index (χ2v) is 1.49. The molecule has 7 heavy (non-hydrogen) atoms. The zero-order chi connectivity index (χ0) is 5.70. The van der Waals surface area contributed by atoms with Crippen molar-refractivity contribution in [2.24, 2.45) is 0 Å². The minimum absolute atomic E-state index is 0.130. The molecule has 0 spiro atoms. The van der Waals surface area contributed by atoms with Gasteiger partial charge in [0.25, 0.3) is 0 Å². The van der Waals surface area contributed by atoms with Crippen molar-refractivity contribution in [1.29, 1.82) is 0 Å². The molecule has 2 nitrogen and oxygen atoms in total. The maximum Gasteiger partial charge on any atom is 0.0544 e. The van der Waals surface area contributed by atoms with Crippen LogP contribution in [0.5, 0.6) is 0 Å². The Kier molecular flexibility index (Phi) is 4.04. The molecule has 0 aliphatic heterocycles. The first-order valence-electron chi connectivity index (χ1n) is 2.39. The molecule has 43 valence electrons. The second kappa shape index (κ2) is 4.09. The highest BCUT2D eigenvalue weighted by Gasteiger charge is 1.91. The van der Waals surface area contributed by atoms with Crippen LogP contribution in [0.3, 0.4) is 0 Å². The van der Waals surface area contributed by atoms with Gasteiger partial charge in [0, 0.05) is 6.61 Å². The minimum atomic E-state index is -0.382. The average Bonchev–Trinajstić information content (AvgIpc) is 1.61. The van der Waals surface area contributed by atoms with E-state index in [1.807, 2.05) is 0 Å². The number of aliphatic hydroxyl groups excluding tert-OH is 2. The lowest BCUT2D eigenvalue weighted by Crippen LogP contribution is -2.00. The molecular weight excluding hydrogens is 92.1 g/mol. The molecule has 0 amide bonds. The van der Waals surface area contributed by atoms with Crippen LogP contribution in [0.1, 0.15) is 13.3 Å². The average molecular weight is 103 g/mol. The molecule has 0 aromatic heterocycles. The van der Waals surface area contributed by atoms with E-state index in [4.69, 9.17) is 10.2 Å². The Morgan fingerprint density at radius 3 is 2.43 bits per heavy atom. The molecule has 1 atom stereocenters. The van der Waals surface area contributed by atoms with Crippen molar-refractivity contribution in [3.05, 3.63) is 6.42 Å². The maximum absolute atomic E-state index is 8.52. The molecule has 0 aromatic carbocycles. The van der Waals surface area contributed by atoms with E-state index in [1.165, 1.54) is 0 Å². The number of rotatable bonds is 3. The highest BCUT2D eigenvalue weighted by molar-refractivity contribution is 4.69. The van der Waals surface area contributed by atoms with Crippen LogP contribution in [-0.2, 0) is 0 Å². The van der Waals surface area contributed by atoms with Crippen LogP contribution in [0.2, 0.25) is 0 Å². The van der Waals surface area contributed by atoms with Crippen molar-refractivity contribution in [2.45, 2.75) is 19.4 Å². The summed E-state index contributed by atoms with van der Waals surface area (Å²) < 4.78 is 0. The van der Waals surface area contributed by atoms with Crippen LogP contribution < -0.4 is 0 Å². The van der Waals surface area contributed by atoms with Crippen molar-refractivity contribution >= 4 is 0 Å². The summed E-state index contributed by atoms with van der Waals surface area (Å²) >= 11 is 0. The van der Waals surface area contributed by atoms with E-state index in [-0.39, 0.29) is 12.7 Å². The Hall–Kier alpha value is -0.0800. The SMILES string of the molecule is CC(O)[CH]CCO. The van der Waals surface area contributed by atoms with E-state index in [0.717, 1.165) is 0 Å². The first-order chi connectivity index (χ1) is 3.27. The second-order valence-electron chi connectivity index (χ2n) is 1.49. The van der Waals surface area contributed by atoms with Gasteiger partial charge in [-0.2, -0.15) is 0 Å². The quantitative estimate of drug-likeness (QED) is 0.526. The molecule has 2 N–H and O–H groups in total. The van der Waals surface area contributed by atoms with Crippen molar-refractivity contribution in [3.63, 3.8) is 0 Å². The summed E-state index contributed by atoms with van der Waals surface area (Å²) in [5.74, 6) is 0.